The number of hydrogen-bond donors (Lipinski definition) is 2. The van der Waals surface area contributed by atoms with Gasteiger partial charge < -0.3 is 10.1 Å². The van der Waals surface area contributed by atoms with Gasteiger partial charge >= 0.3 is 0 Å². The number of para-hydroxylation sites is 1. The number of carbonyl (C=O) groups is 1. The molecule has 4 rings (SSSR count). The second kappa shape index (κ2) is 10.6. The average Bonchev–Trinajstić information content (AvgIpc) is 3.22. The molecule has 6 nitrogen and oxygen atoms in total. The highest BCUT2D eigenvalue weighted by atomic mass is 32.1. The van der Waals surface area contributed by atoms with Crippen LogP contribution in [0.1, 0.15) is 16.7 Å². The molecule has 0 aliphatic carbocycles. The molecule has 0 spiro atoms. The van der Waals surface area contributed by atoms with Gasteiger partial charge in [-0.25, -0.2) is 4.98 Å². The maximum atomic E-state index is 12.7. The van der Waals surface area contributed by atoms with Crippen molar-refractivity contribution in [3.63, 3.8) is 0 Å². The monoisotopic (exact) mass is 456 g/mol. The van der Waals surface area contributed by atoms with E-state index in [4.69, 9.17) is 9.72 Å². The summed E-state index contributed by atoms with van der Waals surface area (Å²) in [6.45, 7) is 2.03. The predicted molar refractivity (Wildman–Crippen MR) is 135 cm³/mol. The summed E-state index contributed by atoms with van der Waals surface area (Å²) in [5, 5.41) is 8.59. The highest BCUT2D eigenvalue weighted by molar-refractivity contribution is 7.20. The van der Waals surface area contributed by atoms with Crippen LogP contribution in [0.2, 0.25) is 0 Å². The number of amides is 1. The molecule has 0 saturated carbocycles. The zero-order valence-electron chi connectivity index (χ0n) is 18.4. The van der Waals surface area contributed by atoms with Crippen molar-refractivity contribution in [1.29, 1.82) is 0 Å². The molecule has 0 atom stereocenters. The van der Waals surface area contributed by atoms with Crippen LogP contribution >= 0.6 is 11.3 Å². The van der Waals surface area contributed by atoms with Gasteiger partial charge in [0.2, 0.25) is 11.0 Å². The Kier molecular flexibility index (Phi) is 7.12. The quantitative estimate of drug-likeness (QED) is 0.261. The van der Waals surface area contributed by atoms with Gasteiger partial charge in [-0.15, -0.1) is 0 Å². The van der Waals surface area contributed by atoms with E-state index >= 15 is 0 Å². The van der Waals surface area contributed by atoms with E-state index in [0.717, 1.165) is 28.0 Å². The molecular weight excluding hydrogens is 432 g/mol. The van der Waals surface area contributed by atoms with Crippen molar-refractivity contribution < 1.29 is 9.53 Å². The van der Waals surface area contributed by atoms with Gasteiger partial charge in [-0.3, -0.25) is 10.2 Å². The Morgan fingerprint density at radius 1 is 1.03 bits per heavy atom. The Morgan fingerprint density at radius 2 is 1.76 bits per heavy atom. The summed E-state index contributed by atoms with van der Waals surface area (Å²) in [6.07, 6.45) is 1.97. The van der Waals surface area contributed by atoms with Gasteiger partial charge in [-0.05, 0) is 24.6 Å². The van der Waals surface area contributed by atoms with E-state index in [9.17, 15) is 4.79 Å². The number of nitrogens with zero attached hydrogens (tertiary/aromatic N) is 2. The lowest BCUT2D eigenvalue weighted by atomic mass is 10.1. The van der Waals surface area contributed by atoms with Crippen LogP contribution in [-0.2, 0) is 11.2 Å². The first-order chi connectivity index (χ1) is 16.1. The van der Waals surface area contributed by atoms with Crippen molar-refractivity contribution in [2.75, 3.05) is 17.9 Å². The molecule has 0 unspecified atom stereocenters. The summed E-state index contributed by atoms with van der Waals surface area (Å²) in [5.74, 6) is 0.638. The molecule has 1 amide bonds. The van der Waals surface area contributed by atoms with Crippen molar-refractivity contribution in [3.8, 4) is 17.0 Å². The molecule has 1 aromatic heterocycles. The number of thiazole rings is 1. The standard InChI is InChI=1S/C26H24N4O2S/c1-18-12-14-20(15-13-18)24-25(28-23(31)16-19-8-4-3-5-9-19)33-26(29-24)30-27-17-21-10-6-7-11-22(21)32-2/h3-15,17H,16H2,1-2H3,(H,28,31)(H,29,30)/b27-17+. The SMILES string of the molecule is COc1ccccc1/C=N/Nc1nc(-c2ccc(C)cc2)c(NC(=O)Cc2ccccc2)s1. The lowest BCUT2D eigenvalue weighted by molar-refractivity contribution is -0.115. The Bertz CT molecular complexity index is 1250. The molecule has 0 fully saturated rings. The van der Waals surface area contributed by atoms with Crippen LogP contribution in [0.15, 0.2) is 84.0 Å². The minimum absolute atomic E-state index is 0.0951. The largest absolute Gasteiger partial charge is 0.496 e. The zero-order valence-corrected chi connectivity index (χ0v) is 19.2. The predicted octanol–water partition coefficient (Wildman–Crippen LogP) is 5.75. The third-order valence-electron chi connectivity index (χ3n) is 4.92. The molecule has 0 saturated heterocycles. The summed E-state index contributed by atoms with van der Waals surface area (Å²) in [5.41, 5.74) is 7.57. The van der Waals surface area contributed by atoms with Crippen molar-refractivity contribution in [1.82, 2.24) is 4.98 Å². The van der Waals surface area contributed by atoms with Crippen LogP contribution in [0, 0.1) is 6.92 Å². The van der Waals surface area contributed by atoms with E-state index in [2.05, 4.69) is 15.8 Å². The summed E-state index contributed by atoms with van der Waals surface area (Å²) < 4.78 is 5.35. The van der Waals surface area contributed by atoms with Gasteiger partial charge in [0.05, 0.1) is 19.7 Å². The molecule has 4 aromatic rings. The molecule has 0 bridgehead atoms. The fourth-order valence-electron chi connectivity index (χ4n) is 3.24. The van der Waals surface area contributed by atoms with Gasteiger partial charge in [0.1, 0.15) is 16.4 Å². The summed E-state index contributed by atoms with van der Waals surface area (Å²) in [6, 6.07) is 25.3. The van der Waals surface area contributed by atoms with E-state index in [1.165, 1.54) is 11.3 Å². The number of aromatic nitrogens is 1. The van der Waals surface area contributed by atoms with Crippen molar-refractivity contribution in [2.24, 2.45) is 5.10 Å². The number of hydrazone groups is 1. The minimum Gasteiger partial charge on any atom is -0.496 e. The molecule has 33 heavy (non-hydrogen) atoms. The second-order valence-electron chi connectivity index (χ2n) is 7.39. The average molecular weight is 457 g/mol. The first-order valence-electron chi connectivity index (χ1n) is 10.5. The third-order valence-corrected chi connectivity index (χ3v) is 5.79. The Labute approximate surface area is 197 Å². The maximum Gasteiger partial charge on any atom is 0.229 e. The molecule has 1 heterocycles. The summed E-state index contributed by atoms with van der Waals surface area (Å²) >= 11 is 1.34. The van der Waals surface area contributed by atoms with Gasteiger partial charge in [0, 0.05) is 11.1 Å². The van der Waals surface area contributed by atoms with E-state index in [0.29, 0.717) is 22.2 Å². The van der Waals surface area contributed by atoms with E-state index in [1.54, 1.807) is 13.3 Å². The van der Waals surface area contributed by atoms with E-state index in [-0.39, 0.29) is 5.91 Å². The normalized spacial score (nSPS) is 10.8. The molecule has 7 heteroatoms. The number of hydrogen-bond acceptors (Lipinski definition) is 6. The minimum atomic E-state index is -0.0951. The zero-order chi connectivity index (χ0) is 23.0. The summed E-state index contributed by atoms with van der Waals surface area (Å²) in [7, 11) is 1.62. The second-order valence-corrected chi connectivity index (χ2v) is 8.38. The van der Waals surface area contributed by atoms with E-state index in [1.807, 2.05) is 85.8 Å². The number of anilines is 2. The highest BCUT2D eigenvalue weighted by Crippen LogP contribution is 2.36. The number of carbonyl (C=O) groups excluding carboxylic acids is 1. The van der Waals surface area contributed by atoms with Crippen LogP contribution in [-0.4, -0.2) is 24.2 Å². The van der Waals surface area contributed by atoms with Crippen molar-refractivity contribution >= 4 is 33.6 Å². The van der Waals surface area contributed by atoms with Crippen LogP contribution in [0.5, 0.6) is 5.75 Å². The molecule has 0 aliphatic rings. The number of aryl methyl sites for hydroxylation is 1. The Morgan fingerprint density at radius 3 is 2.52 bits per heavy atom. The van der Waals surface area contributed by atoms with E-state index < -0.39 is 0 Å². The summed E-state index contributed by atoms with van der Waals surface area (Å²) in [4.78, 5) is 17.4. The van der Waals surface area contributed by atoms with Crippen molar-refractivity contribution in [2.45, 2.75) is 13.3 Å². The van der Waals surface area contributed by atoms with Crippen LogP contribution < -0.4 is 15.5 Å². The number of methoxy groups -OCH3 is 1. The Hall–Kier alpha value is -3.97. The first-order valence-corrected chi connectivity index (χ1v) is 11.3. The third kappa shape index (κ3) is 5.84. The smallest absolute Gasteiger partial charge is 0.229 e. The van der Waals surface area contributed by atoms with Gasteiger partial charge in [0.25, 0.3) is 0 Å². The lowest BCUT2D eigenvalue weighted by Crippen LogP contribution is -2.14. The van der Waals surface area contributed by atoms with Gasteiger partial charge in [-0.2, -0.15) is 5.10 Å². The Balaban J connectivity index is 1.56. The number of ether oxygens (including phenoxy) is 1. The van der Waals surface area contributed by atoms with Crippen LogP contribution in [0.3, 0.4) is 0 Å². The molecule has 0 radical (unpaired) electrons. The van der Waals surface area contributed by atoms with Crippen molar-refractivity contribution in [3.05, 3.63) is 95.6 Å². The number of benzene rings is 3. The van der Waals surface area contributed by atoms with Crippen LogP contribution in [0.25, 0.3) is 11.3 Å². The fourth-order valence-corrected chi connectivity index (χ4v) is 4.10. The highest BCUT2D eigenvalue weighted by Gasteiger charge is 2.16. The van der Waals surface area contributed by atoms with Gasteiger partial charge in [-0.1, -0.05) is 83.6 Å². The molecular formula is C26H24N4O2S. The van der Waals surface area contributed by atoms with Crippen LogP contribution in [0.4, 0.5) is 10.1 Å². The number of nitrogens with one attached hydrogen (secondary N) is 2. The molecule has 166 valence electrons. The number of rotatable bonds is 8. The molecule has 2 N–H and O–H groups in total. The lowest BCUT2D eigenvalue weighted by Gasteiger charge is -2.06. The molecule has 0 aliphatic heterocycles. The topological polar surface area (TPSA) is 75.6 Å². The fraction of sp³-hybridized carbons (Fsp3) is 0.115. The maximum absolute atomic E-state index is 12.7. The molecule has 3 aromatic carbocycles. The van der Waals surface area contributed by atoms with Gasteiger partial charge in [0.15, 0.2) is 0 Å². The first kappa shape index (κ1) is 22.2.